The molecule has 216 valence electrons. The number of methoxy groups -OCH3 is 1. The molecule has 8 nitrogen and oxygen atoms in total. The number of nitrogens with zero attached hydrogens (tertiary/aromatic N) is 1. The Balaban J connectivity index is 1.40. The van der Waals surface area contributed by atoms with Crippen LogP contribution in [-0.4, -0.2) is 54.0 Å². The Morgan fingerprint density at radius 2 is 1.88 bits per heavy atom. The first kappa shape index (κ1) is 28.8. The Hall–Kier alpha value is -2.68. The van der Waals surface area contributed by atoms with Crippen molar-refractivity contribution in [3.8, 4) is 23.0 Å². The molecule has 1 amide bonds. The summed E-state index contributed by atoms with van der Waals surface area (Å²) in [7, 11) is 1.59. The monoisotopic (exact) mass is 610 g/mol. The second kappa shape index (κ2) is 11.3. The van der Waals surface area contributed by atoms with E-state index in [9.17, 15) is 4.79 Å². The SMILES string of the molecule is COc1ccc2c(c1OCCCCNC(=O)OC(C)(C)C)[C@H](C(Cl)(Cl)Cl)N1CCc3cc4c(cc3C1=C2)OCO4. The number of hydrogen-bond donors (Lipinski definition) is 1. The highest BCUT2D eigenvalue weighted by atomic mass is 35.6. The second-order valence-corrected chi connectivity index (χ2v) is 13.2. The third kappa shape index (κ3) is 5.99. The summed E-state index contributed by atoms with van der Waals surface area (Å²) in [5.74, 6) is 2.56. The van der Waals surface area contributed by atoms with Gasteiger partial charge in [-0.15, -0.1) is 0 Å². The lowest BCUT2D eigenvalue weighted by Gasteiger charge is -2.46. The van der Waals surface area contributed by atoms with Crippen molar-refractivity contribution in [2.45, 2.75) is 55.5 Å². The highest BCUT2D eigenvalue weighted by molar-refractivity contribution is 6.68. The normalized spacial score (nSPS) is 17.3. The van der Waals surface area contributed by atoms with Gasteiger partial charge in [0.05, 0.1) is 13.7 Å². The summed E-state index contributed by atoms with van der Waals surface area (Å²) in [5.41, 5.74) is 4.24. The van der Waals surface area contributed by atoms with Gasteiger partial charge in [0.25, 0.3) is 0 Å². The summed E-state index contributed by atoms with van der Waals surface area (Å²) < 4.78 is 26.8. The van der Waals surface area contributed by atoms with Crippen molar-refractivity contribution in [1.29, 1.82) is 0 Å². The van der Waals surface area contributed by atoms with E-state index in [0.29, 0.717) is 49.8 Å². The van der Waals surface area contributed by atoms with E-state index < -0.39 is 21.5 Å². The van der Waals surface area contributed by atoms with E-state index in [1.807, 2.05) is 45.0 Å². The number of hydrogen-bond acceptors (Lipinski definition) is 7. The van der Waals surface area contributed by atoms with Crippen LogP contribution in [0.5, 0.6) is 23.0 Å². The standard InChI is InChI=1S/C29H33Cl3N2O6/c1-28(2,3)40-27(35)33-10-5-6-12-37-25-21(36-4)8-7-18-13-20-19-15-23-22(38-16-39-23)14-17(19)9-11-34(20)26(24(18)25)29(30,31)32/h7-8,13-15,26H,5-6,9-12,16H2,1-4H3,(H,33,35)/t26-/m1/s1. The summed E-state index contributed by atoms with van der Waals surface area (Å²) in [4.78, 5) is 14.0. The van der Waals surface area contributed by atoms with Crippen LogP contribution in [0.4, 0.5) is 4.79 Å². The van der Waals surface area contributed by atoms with Gasteiger partial charge in [-0.05, 0) is 75.4 Å². The summed E-state index contributed by atoms with van der Waals surface area (Å²) in [6.07, 6.45) is 3.80. The molecule has 0 aromatic heterocycles. The molecule has 2 aromatic carbocycles. The highest BCUT2D eigenvalue weighted by Crippen LogP contribution is 2.56. The maximum atomic E-state index is 11.9. The Kier molecular flexibility index (Phi) is 8.15. The van der Waals surface area contributed by atoms with Crippen molar-refractivity contribution in [3.63, 3.8) is 0 Å². The molecule has 5 rings (SSSR count). The van der Waals surface area contributed by atoms with Gasteiger partial charge < -0.3 is 33.9 Å². The van der Waals surface area contributed by atoms with Crippen LogP contribution in [0, 0.1) is 0 Å². The van der Waals surface area contributed by atoms with Crippen LogP contribution in [0.25, 0.3) is 11.8 Å². The molecule has 0 aliphatic carbocycles. The second-order valence-electron chi connectivity index (χ2n) is 10.9. The van der Waals surface area contributed by atoms with Gasteiger partial charge in [-0.3, -0.25) is 0 Å². The van der Waals surface area contributed by atoms with Crippen LogP contribution >= 0.6 is 34.8 Å². The minimum absolute atomic E-state index is 0.207. The molecule has 3 aliphatic heterocycles. The lowest BCUT2D eigenvalue weighted by Crippen LogP contribution is -2.41. The summed E-state index contributed by atoms with van der Waals surface area (Å²) in [5, 5.41) is 2.77. The van der Waals surface area contributed by atoms with Crippen molar-refractivity contribution in [1.82, 2.24) is 10.2 Å². The number of alkyl carbamates (subject to hydrolysis) is 1. The van der Waals surface area contributed by atoms with Crippen LogP contribution in [0.2, 0.25) is 0 Å². The zero-order chi connectivity index (χ0) is 28.7. The van der Waals surface area contributed by atoms with E-state index in [1.165, 1.54) is 0 Å². The topological polar surface area (TPSA) is 78.5 Å². The van der Waals surface area contributed by atoms with E-state index in [1.54, 1.807) is 7.11 Å². The first-order valence-electron chi connectivity index (χ1n) is 13.2. The fraction of sp³-hybridized carbons (Fsp3) is 0.483. The van der Waals surface area contributed by atoms with Gasteiger partial charge in [0.15, 0.2) is 23.0 Å². The average molecular weight is 612 g/mol. The predicted octanol–water partition coefficient (Wildman–Crippen LogP) is 6.89. The van der Waals surface area contributed by atoms with Crippen LogP contribution in [-0.2, 0) is 11.2 Å². The van der Waals surface area contributed by atoms with E-state index in [2.05, 4.69) is 16.3 Å². The molecule has 1 N–H and O–H groups in total. The first-order chi connectivity index (χ1) is 19.0. The number of ether oxygens (including phenoxy) is 5. The van der Waals surface area contributed by atoms with E-state index in [0.717, 1.165) is 40.1 Å². The Morgan fingerprint density at radius 1 is 1.12 bits per heavy atom. The molecular formula is C29H33Cl3N2O6. The van der Waals surface area contributed by atoms with E-state index in [-0.39, 0.29) is 6.79 Å². The molecule has 0 spiro atoms. The molecule has 3 aliphatic rings. The Bertz CT molecular complexity index is 1320. The number of unbranched alkanes of at least 4 members (excludes halogenated alkanes) is 1. The van der Waals surface area contributed by atoms with Gasteiger partial charge in [-0.1, -0.05) is 40.9 Å². The maximum Gasteiger partial charge on any atom is 0.407 e. The minimum Gasteiger partial charge on any atom is -0.493 e. The molecule has 2 aromatic rings. The molecular weight excluding hydrogens is 579 g/mol. The third-order valence-corrected chi connectivity index (χ3v) is 7.51. The van der Waals surface area contributed by atoms with Gasteiger partial charge >= 0.3 is 6.09 Å². The van der Waals surface area contributed by atoms with Crippen molar-refractivity contribution >= 4 is 52.7 Å². The molecule has 0 unspecified atom stereocenters. The zero-order valence-corrected chi connectivity index (χ0v) is 25.2. The van der Waals surface area contributed by atoms with Gasteiger partial charge in [0, 0.05) is 29.9 Å². The molecule has 11 heteroatoms. The molecule has 40 heavy (non-hydrogen) atoms. The molecule has 0 saturated heterocycles. The average Bonchev–Trinajstić information content (AvgIpc) is 3.33. The van der Waals surface area contributed by atoms with Gasteiger partial charge in [0.2, 0.25) is 10.6 Å². The van der Waals surface area contributed by atoms with E-state index >= 15 is 0 Å². The molecule has 3 heterocycles. The predicted molar refractivity (Wildman–Crippen MR) is 156 cm³/mol. The number of amides is 1. The third-order valence-electron chi connectivity index (χ3n) is 6.89. The number of carbonyl (C=O) groups excluding carboxylic acids is 1. The summed E-state index contributed by atoms with van der Waals surface area (Å²) >= 11 is 20.1. The summed E-state index contributed by atoms with van der Waals surface area (Å²) in [6.45, 7) is 7.19. The van der Waals surface area contributed by atoms with Gasteiger partial charge in [-0.2, -0.15) is 0 Å². The van der Waals surface area contributed by atoms with Crippen molar-refractivity contribution in [2.75, 3.05) is 33.6 Å². The van der Waals surface area contributed by atoms with Crippen molar-refractivity contribution in [2.24, 2.45) is 0 Å². The number of nitrogens with one attached hydrogen (secondary N) is 1. The maximum absolute atomic E-state index is 11.9. The van der Waals surface area contributed by atoms with Crippen molar-refractivity contribution in [3.05, 3.63) is 46.5 Å². The smallest absolute Gasteiger partial charge is 0.407 e. The lowest BCUT2D eigenvalue weighted by molar-refractivity contribution is 0.0526. The van der Waals surface area contributed by atoms with Crippen LogP contribution in [0.15, 0.2) is 24.3 Å². The minimum atomic E-state index is -1.66. The number of halogens is 3. The molecule has 0 fully saturated rings. The van der Waals surface area contributed by atoms with Crippen LogP contribution in [0.3, 0.4) is 0 Å². The van der Waals surface area contributed by atoms with Gasteiger partial charge in [0.1, 0.15) is 11.6 Å². The number of rotatable bonds is 7. The largest absolute Gasteiger partial charge is 0.493 e. The molecule has 1 atom stereocenters. The molecule has 0 radical (unpaired) electrons. The number of carbonyl (C=O) groups is 1. The van der Waals surface area contributed by atoms with Crippen molar-refractivity contribution < 1.29 is 28.5 Å². The molecule has 0 bridgehead atoms. The lowest BCUT2D eigenvalue weighted by atomic mass is 9.86. The highest BCUT2D eigenvalue weighted by Gasteiger charge is 2.46. The number of alkyl halides is 3. The quantitative estimate of drug-likeness (QED) is 0.270. The zero-order valence-electron chi connectivity index (χ0n) is 22.9. The number of fused-ring (bicyclic) bond motifs is 5. The fourth-order valence-corrected chi connectivity index (χ4v) is 5.92. The van der Waals surface area contributed by atoms with Gasteiger partial charge in [-0.25, -0.2) is 4.79 Å². The number of benzene rings is 2. The first-order valence-corrected chi connectivity index (χ1v) is 14.4. The fourth-order valence-electron chi connectivity index (χ4n) is 5.24. The van der Waals surface area contributed by atoms with E-state index in [4.69, 9.17) is 58.5 Å². The van der Waals surface area contributed by atoms with Crippen LogP contribution in [0.1, 0.15) is 61.9 Å². The summed E-state index contributed by atoms with van der Waals surface area (Å²) in [6, 6.07) is 7.24. The van der Waals surface area contributed by atoms with Crippen LogP contribution < -0.4 is 24.3 Å². The Morgan fingerprint density at radius 3 is 2.58 bits per heavy atom. The Labute approximate surface area is 249 Å². The molecule has 0 saturated carbocycles.